The number of carbonyl (C=O) groups is 2. The van der Waals surface area contributed by atoms with Gasteiger partial charge in [0.25, 0.3) is 0 Å². The van der Waals surface area contributed by atoms with Gasteiger partial charge in [-0.2, -0.15) is 0 Å². The second-order valence-corrected chi connectivity index (χ2v) is 6.24. The van der Waals surface area contributed by atoms with Crippen molar-refractivity contribution in [2.75, 3.05) is 44.9 Å². The van der Waals surface area contributed by atoms with Crippen LogP contribution in [0.5, 0.6) is 0 Å². The zero-order valence-electron chi connectivity index (χ0n) is 11.6. The lowest BCUT2D eigenvalue weighted by atomic mass is 9.93. The summed E-state index contributed by atoms with van der Waals surface area (Å²) >= 11 is 1.59. The Labute approximate surface area is 119 Å². The van der Waals surface area contributed by atoms with Crippen molar-refractivity contribution in [3.05, 3.63) is 0 Å². The standard InChI is InChI=1S/C13H23N3O2S/c1-14-5-2-11-3-6-15(7-4-11)12(17)8-16-10-19-9-13(16)18/h11,14H,2-10H2,1H3. The molecule has 0 radical (unpaired) electrons. The first-order chi connectivity index (χ1) is 9.20. The first-order valence-electron chi connectivity index (χ1n) is 6.98. The van der Waals surface area contributed by atoms with Crippen molar-refractivity contribution in [2.45, 2.75) is 19.3 Å². The summed E-state index contributed by atoms with van der Waals surface area (Å²) in [6.45, 7) is 3.02. The molecule has 0 aromatic rings. The smallest absolute Gasteiger partial charge is 0.242 e. The molecule has 0 unspecified atom stereocenters. The Balaban J connectivity index is 1.71. The fraction of sp³-hybridized carbons (Fsp3) is 0.846. The Morgan fingerprint density at radius 2 is 2.16 bits per heavy atom. The fourth-order valence-corrected chi connectivity index (χ4v) is 3.53. The molecule has 0 spiro atoms. The molecule has 2 fully saturated rings. The maximum absolute atomic E-state index is 12.1. The van der Waals surface area contributed by atoms with Crippen molar-refractivity contribution in [2.24, 2.45) is 5.92 Å². The largest absolute Gasteiger partial charge is 0.341 e. The molecule has 19 heavy (non-hydrogen) atoms. The van der Waals surface area contributed by atoms with Crippen LogP contribution in [0.4, 0.5) is 0 Å². The highest BCUT2D eigenvalue weighted by molar-refractivity contribution is 8.00. The van der Waals surface area contributed by atoms with E-state index in [1.165, 1.54) is 6.42 Å². The van der Waals surface area contributed by atoms with E-state index in [1.807, 2.05) is 11.9 Å². The van der Waals surface area contributed by atoms with Gasteiger partial charge in [-0.05, 0) is 38.8 Å². The van der Waals surface area contributed by atoms with E-state index in [2.05, 4.69) is 5.32 Å². The summed E-state index contributed by atoms with van der Waals surface area (Å²) in [6.07, 6.45) is 3.38. The van der Waals surface area contributed by atoms with Gasteiger partial charge < -0.3 is 15.1 Å². The van der Waals surface area contributed by atoms with E-state index in [0.717, 1.165) is 38.4 Å². The van der Waals surface area contributed by atoms with E-state index in [9.17, 15) is 9.59 Å². The monoisotopic (exact) mass is 285 g/mol. The average Bonchev–Trinajstić information content (AvgIpc) is 2.82. The highest BCUT2D eigenvalue weighted by Gasteiger charge is 2.27. The molecular formula is C13H23N3O2S. The van der Waals surface area contributed by atoms with E-state index >= 15 is 0 Å². The maximum atomic E-state index is 12.1. The van der Waals surface area contributed by atoms with E-state index in [1.54, 1.807) is 16.7 Å². The minimum Gasteiger partial charge on any atom is -0.341 e. The van der Waals surface area contributed by atoms with Crippen molar-refractivity contribution in [1.82, 2.24) is 15.1 Å². The molecule has 2 aliphatic rings. The van der Waals surface area contributed by atoms with Gasteiger partial charge in [-0.3, -0.25) is 9.59 Å². The zero-order chi connectivity index (χ0) is 13.7. The van der Waals surface area contributed by atoms with Crippen LogP contribution in [0.25, 0.3) is 0 Å². The molecule has 0 aliphatic carbocycles. The van der Waals surface area contributed by atoms with E-state index < -0.39 is 0 Å². The number of rotatable bonds is 5. The summed E-state index contributed by atoms with van der Waals surface area (Å²) in [5, 5.41) is 3.18. The third-order valence-electron chi connectivity index (χ3n) is 3.92. The molecule has 2 saturated heterocycles. The van der Waals surface area contributed by atoms with Gasteiger partial charge in [0.1, 0.15) is 6.54 Å². The molecule has 2 amide bonds. The van der Waals surface area contributed by atoms with Crippen molar-refractivity contribution in [3.8, 4) is 0 Å². The van der Waals surface area contributed by atoms with Crippen LogP contribution in [0.15, 0.2) is 0 Å². The Bertz CT molecular complexity index is 330. The highest BCUT2D eigenvalue weighted by Crippen LogP contribution is 2.21. The first kappa shape index (κ1) is 14.7. The topological polar surface area (TPSA) is 52.7 Å². The van der Waals surface area contributed by atoms with Crippen molar-refractivity contribution in [3.63, 3.8) is 0 Å². The number of nitrogens with zero attached hydrogens (tertiary/aromatic N) is 2. The van der Waals surface area contributed by atoms with Crippen LogP contribution < -0.4 is 5.32 Å². The zero-order valence-corrected chi connectivity index (χ0v) is 12.4. The molecular weight excluding hydrogens is 262 g/mol. The van der Waals surface area contributed by atoms with Gasteiger partial charge in [0.2, 0.25) is 11.8 Å². The van der Waals surface area contributed by atoms with Gasteiger partial charge in [0, 0.05) is 13.1 Å². The third kappa shape index (κ3) is 4.11. The van der Waals surface area contributed by atoms with E-state index in [4.69, 9.17) is 0 Å². The molecule has 1 N–H and O–H groups in total. The molecule has 6 heteroatoms. The van der Waals surface area contributed by atoms with Crippen molar-refractivity contribution in [1.29, 1.82) is 0 Å². The fourth-order valence-electron chi connectivity index (χ4n) is 2.62. The molecule has 5 nitrogen and oxygen atoms in total. The van der Waals surface area contributed by atoms with E-state index in [0.29, 0.717) is 11.6 Å². The Hall–Kier alpha value is -0.750. The molecule has 0 aromatic carbocycles. The summed E-state index contributed by atoms with van der Waals surface area (Å²) in [5.41, 5.74) is 0. The second-order valence-electron chi connectivity index (χ2n) is 5.29. The van der Waals surface area contributed by atoms with Gasteiger partial charge in [-0.15, -0.1) is 11.8 Å². The lowest BCUT2D eigenvalue weighted by Gasteiger charge is -2.33. The van der Waals surface area contributed by atoms with E-state index in [-0.39, 0.29) is 18.4 Å². The normalized spacial score (nSPS) is 21.2. The molecule has 108 valence electrons. The Morgan fingerprint density at radius 1 is 1.42 bits per heavy atom. The Morgan fingerprint density at radius 3 is 2.74 bits per heavy atom. The molecule has 2 heterocycles. The second kappa shape index (κ2) is 7.14. The molecule has 0 bridgehead atoms. The highest BCUT2D eigenvalue weighted by atomic mass is 32.2. The number of amides is 2. The van der Waals surface area contributed by atoms with Gasteiger partial charge in [0.15, 0.2) is 0 Å². The summed E-state index contributed by atoms with van der Waals surface area (Å²) < 4.78 is 0. The quantitative estimate of drug-likeness (QED) is 0.793. The van der Waals surface area contributed by atoms with Crippen LogP contribution in [0.2, 0.25) is 0 Å². The van der Waals surface area contributed by atoms with Gasteiger partial charge in [-0.1, -0.05) is 0 Å². The molecule has 2 rings (SSSR count). The Kier molecular flexibility index (Phi) is 5.51. The minimum absolute atomic E-state index is 0.0993. The number of hydrogen-bond acceptors (Lipinski definition) is 4. The molecule has 0 saturated carbocycles. The number of thioether (sulfide) groups is 1. The van der Waals surface area contributed by atoms with Crippen LogP contribution in [0, 0.1) is 5.92 Å². The summed E-state index contributed by atoms with van der Waals surface area (Å²) in [5.74, 6) is 2.15. The van der Waals surface area contributed by atoms with Gasteiger partial charge in [-0.25, -0.2) is 0 Å². The molecule has 0 atom stereocenters. The summed E-state index contributed by atoms with van der Waals surface area (Å²) in [4.78, 5) is 27.2. The summed E-state index contributed by atoms with van der Waals surface area (Å²) in [7, 11) is 1.98. The van der Waals surface area contributed by atoms with Crippen LogP contribution in [-0.4, -0.2) is 66.5 Å². The van der Waals surface area contributed by atoms with Crippen molar-refractivity contribution < 1.29 is 9.59 Å². The number of nitrogens with one attached hydrogen (secondary N) is 1. The lowest BCUT2D eigenvalue weighted by molar-refractivity contribution is -0.138. The van der Waals surface area contributed by atoms with Crippen LogP contribution in [-0.2, 0) is 9.59 Å². The number of piperidine rings is 1. The number of carbonyl (C=O) groups excluding carboxylic acids is 2. The van der Waals surface area contributed by atoms with Gasteiger partial charge in [0.05, 0.1) is 11.6 Å². The van der Waals surface area contributed by atoms with Crippen LogP contribution >= 0.6 is 11.8 Å². The van der Waals surface area contributed by atoms with Crippen LogP contribution in [0.3, 0.4) is 0 Å². The average molecular weight is 285 g/mol. The van der Waals surface area contributed by atoms with Crippen molar-refractivity contribution >= 4 is 23.6 Å². The predicted molar refractivity (Wildman–Crippen MR) is 76.9 cm³/mol. The first-order valence-corrected chi connectivity index (χ1v) is 8.14. The maximum Gasteiger partial charge on any atom is 0.242 e. The van der Waals surface area contributed by atoms with Gasteiger partial charge >= 0.3 is 0 Å². The van der Waals surface area contributed by atoms with Crippen LogP contribution in [0.1, 0.15) is 19.3 Å². The molecule has 2 aliphatic heterocycles. The lowest BCUT2D eigenvalue weighted by Crippen LogP contribution is -2.44. The predicted octanol–water partition coefficient (Wildman–Crippen LogP) is 0.367. The number of hydrogen-bond donors (Lipinski definition) is 1. The number of likely N-dealkylation sites (tertiary alicyclic amines) is 1. The molecule has 0 aromatic heterocycles. The summed E-state index contributed by atoms with van der Waals surface area (Å²) in [6, 6.07) is 0. The minimum atomic E-state index is 0.0993. The SMILES string of the molecule is CNCCC1CCN(C(=O)CN2CSCC2=O)CC1. The third-order valence-corrected chi connectivity index (χ3v) is 4.87.